The van der Waals surface area contributed by atoms with Crippen LogP contribution in [-0.4, -0.2) is 34.3 Å². The first-order chi connectivity index (χ1) is 12.4. The van der Waals surface area contributed by atoms with Crippen molar-refractivity contribution < 1.29 is 28.2 Å². The molecule has 5 nitrogen and oxygen atoms in total. The number of rotatable bonds is 9. The number of carbonyl (C=O) groups is 2. The van der Waals surface area contributed by atoms with Crippen LogP contribution in [0, 0.1) is 0 Å². The number of amides is 1. The number of benzene rings is 1. The molecule has 0 bridgehead atoms. The van der Waals surface area contributed by atoms with Crippen molar-refractivity contribution in [2.45, 2.75) is 32.3 Å². The molecule has 1 heterocycles. The monoisotopic (exact) mass is 400 g/mol. The lowest BCUT2D eigenvalue weighted by Gasteiger charge is -2.14. The normalized spacial score (nSPS) is 16.0. The molecule has 1 aromatic rings. The molecule has 1 amide bonds. The highest BCUT2D eigenvalue weighted by Crippen LogP contribution is 2.34. The number of ether oxygens (including phenoxy) is 1. The summed E-state index contributed by atoms with van der Waals surface area (Å²) in [5.41, 5.74) is 0.363. The van der Waals surface area contributed by atoms with Crippen LogP contribution in [0.5, 0.6) is 5.75 Å². The van der Waals surface area contributed by atoms with Gasteiger partial charge in [-0.2, -0.15) is 8.78 Å². The zero-order valence-electron chi connectivity index (χ0n) is 13.7. The first-order valence-electron chi connectivity index (χ1n) is 7.87. The molecule has 1 aromatic carbocycles. The zero-order chi connectivity index (χ0) is 19.1. The highest BCUT2D eigenvalue weighted by Gasteiger charge is 2.31. The van der Waals surface area contributed by atoms with Gasteiger partial charge in [0.25, 0.3) is 5.91 Å². The van der Waals surface area contributed by atoms with Gasteiger partial charge in [-0.1, -0.05) is 48.6 Å². The van der Waals surface area contributed by atoms with E-state index in [-0.39, 0.29) is 18.1 Å². The number of thiocarbonyl (C=S) groups is 1. The molecule has 140 valence electrons. The Labute approximate surface area is 159 Å². The summed E-state index contributed by atoms with van der Waals surface area (Å²) in [6, 6.07) is 6.19. The van der Waals surface area contributed by atoms with Gasteiger partial charge in [-0.05, 0) is 31.4 Å². The SMILES string of the molecule is O=C([O-])CCCCCN1C(=O)/C(=C\c2ccccc2OC(F)F)SC1=S. The number of para-hydroxylation sites is 1. The van der Waals surface area contributed by atoms with Gasteiger partial charge in [0.1, 0.15) is 10.1 Å². The van der Waals surface area contributed by atoms with Gasteiger partial charge >= 0.3 is 6.61 Å². The number of carboxylic acids is 1. The highest BCUT2D eigenvalue weighted by molar-refractivity contribution is 8.26. The third-order valence-corrected chi connectivity index (χ3v) is 4.94. The van der Waals surface area contributed by atoms with E-state index in [0.717, 1.165) is 11.8 Å². The lowest BCUT2D eigenvalue weighted by Crippen LogP contribution is -2.29. The predicted molar refractivity (Wildman–Crippen MR) is 96.4 cm³/mol. The van der Waals surface area contributed by atoms with Crippen LogP contribution < -0.4 is 9.84 Å². The molecule has 1 aliphatic heterocycles. The summed E-state index contributed by atoms with van der Waals surface area (Å²) in [6.45, 7) is -2.58. The summed E-state index contributed by atoms with van der Waals surface area (Å²) in [7, 11) is 0. The highest BCUT2D eigenvalue weighted by atomic mass is 32.2. The molecule has 0 aliphatic carbocycles. The van der Waals surface area contributed by atoms with E-state index in [0.29, 0.717) is 40.6 Å². The molecule has 1 aliphatic rings. The number of carboxylic acid groups (broad SMARTS) is 1. The van der Waals surface area contributed by atoms with Crippen molar-refractivity contribution >= 4 is 46.3 Å². The third-order valence-electron chi connectivity index (χ3n) is 3.56. The van der Waals surface area contributed by atoms with Gasteiger partial charge < -0.3 is 14.6 Å². The minimum absolute atomic E-state index is 0.0147. The molecule has 26 heavy (non-hydrogen) atoms. The molecule has 2 rings (SSSR count). The fourth-order valence-corrected chi connectivity index (χ4v) is 3.65. The molecule has 0 unspecified atom stereocenters. The van der Waals surface area contributed by atoms with Gasteiger partial charge in [0.15, 0.2) is 0 Å². The summed E-state index contributed by atoms with van der Waals surface area (Å²) in [6.07, 6.45) is 3.19. The second kappa shape index (κ2) is 9.63. The van der Waals surface area contributed by atoms with E-state index in [9.17, 15) is 23.5 Å². The fraction of sp³-hybridized carbons (Fsp3) is 0.353. The molecule has 0 aromatic heterocycles. The van der Waals surface area contributed by atoms with Crippen LogP contribution in [0.3, 0.4) is 0 Å². The van der Waals surface area contributed by atoms with Gasteiger partial charge in [-0.3, -0.25) is 9.69 Å². The van der Waals surface area contributed by atoms with E-state index in [1.807, 2.05) is 0 Å². The Hall–Kier alpha value is -2.00. The topological polar surface area (TPSA) is 69.7 Å². The average Bonchev–Trinajstić information content (AvgIpc) is 2.83. The van der Waals surface area contributed by atoms with Crippen molar-refractivity contribution in [1.29, 1.82) is 0 Å². The van der Waals surface area contributed by atoms with Crippen molar-refractivity contribution in [2.24, 2.45) is 0 Å². The van der Waals surface area contributed by atoms with Crippen LogP contribution in [0.2, 0.25) is 0 Å². The van der Waals surface area contributed by atoms with E-state index in [1.165, 1.54) is 17.0 Å². The van der Waals surface area contributed by atoms with Gasteiger partial charge in [-0.15, -0.1) is 0 Å². The molecule has 9 heteroatoms. The molecule has 1 fully saturated rings. The maximum atomic E-state index is 12.5. The van der Waals surface area contributed by atoms with Gasteiger partial charge in [0.2, 0.25) is 0 Å². The first-order valence-corrected chi connectivity index (χ1v) is 9.10. The molecule has 0 spiro atoms. The Morgan fingerprint density at radius 2 is 2.04 bits per heavy atom. The molecule has 0 radical (unpaired) electrons. The summed E-state index contributed by atoms with van der Waals surface area (Å²) < 4.78 is 29.8. The smallest absolute Gasteiger partial charge is 0.387 e. The van der Waals surface area contributed by atoms with Gasteiger partial charge in [-0.25, -0.2) is 0 Å². The van der Waals surface area contributed by atoms with Crippen molar-refractivity contribution in [2.75, 3.05) is 6.54 Å². The zero-order valence-corrected chi connectivity index (χ0v) is 15.3. The van der Waals surface area contributed by atoms with Crippen LogP contribution in [-0.2, 0) is 9.59 Å². The summed E-state index contributed by atoms with van der Waals surface area (Å²) in [5.74, 6) is -1.41. The lowest BCUT2D eigenvalue weighted by molar-refractivity contribution is -0.305. The second-order valence-electron chi connectivity index (χ2n) is 5.43. The Bertz CT molecular complexity index is 724. The maximum absolute atomic E-state index is 12.5. The molecular formula is C17H16F2NO4S2-. The largest absolute Gasteiger partial charge is 0.550 e. The van der Waals surface area contributed by atoms with Crippen molar-refractivity contribution in [1.82, 2.24) is 4.90 Å². The molecule has 1 saturated heterocycles. The number of hydrogen-bond donors (Lipinski definition) is 0. The Kier molecular flexibility index (Phi) is 7.52. The Morgan fingerprint density at radius 3 is 2.73 bits per heavy atom. The number of thioether (sulfide) groups is 1. The van der Waals surface area contributed by atoms with E-state index in [1.54, 1.807) is 18.2 Å². The van der Waals surface area contributed by atoms with Crippen molar-refractivity contribution in [3.8, 4) is 5.75 Å². The number of nitrogens with zero attached hydrogens (tertiary/aromatic N) is 1. The van der Waals surface area contributed by atoms with Crippen LogP contribution in [0.15, 0.2) is 29.2 Å². The Balaban J connectivity index is 2.02. The standard InChI is InChI=1S/C17H17F2NO4S2/c18-16(19)24-12-7-4-3-6-11(12)10-13-15(23)20(17(25)26-13)9-5-1-2-8-14(21)22/h3-4,6-7,10,16H,1-2,5,8-9H2,(H,21,22)/p-1/b13-10+. The first kappa shape index (κ1) is 20.3. The lowest BCUT2D eigenvalue weighted by atomic mass is 10.1. The van der Waals surface area contributed by atoms with Crippen LogP contribution in [0.1, 0.15) is 31.2 Å². The molecule has 0 saturated carbocycles. The number of hydrogen-bond acceptors (Lipinski definition) is 6. The fourth-order valence-electron chi connectivity index (χ4n) is 2.35. The second-order valence-corrected chi connectivity index (χ2v) is 7.11. The predicted octanol–water partition coefficient (Wildman–Crippen LogP) is 2.80. The third kappa shape index (κ3) is 5.77. The van der Waals surface area contributed by atoms with Crippen molar-refractivity contribution in [3.63, 3.8) is 0 Å². The minimum Gasteiger partial charge on any atom is -0.550 e. The maximum Gasteiger partial charge on any atom is 0.387 e. The number of unbranched alkanes of at least 4 members (excludes halogenated alkanes) is 2. The Morgan fingerprint density at radius 1 is 1.31 bits per heavy atom. The van der Waals surface area contributed by atoms with E-state index < -0.39 is 12.6 Å². The van der Waals surface area contributed by atoms with E-state index in [4.69, 9.17) is 12.2 Å². The molecule has 0 N–H and O–H groups in total. The van der Waals surface area contributed by atoms with E-state index >= 15 is 0 Å². The van der Waals surface area contributed by atoms with Gasteiger partial charge in [0, 0.05) is 18.1 Å². The quantitative estimate of drug-likeness (QED) is 0.361. The number of aliphatic carboxylic acids is 1. The minimum atomic E-state index is -2.96. The number of alkyl halides is 2. The van der Waals surface area contributed by atoms with Crippen LogP contribution >= 0.6 is 24.0 Å². The van der Waals surface area contributed by atoms with Crippen LogP contribution in [0.4, 0.5) is 8.78 Å². The summed E-state index contributed by atoms with van der Waals surface area (Å²) in [5, 5.41) is 10.4. The molecular weight excluding hydrogens is 384 g/mol. The van der Waals surface area contributed by atoms with Crippen molar-refractivity contribution in [3.05, 3.63) is 34.7 Å². The van der Waals surface area contributed by atoms with Gasteiger partial charge in [0.05, 0.1) is 4.91 Å². The van der Waals surface area contributed by atoms with Crippen LogP contribution in [0.25, 0.3) is 6.08 Å². The number of halogens is 2. The molecule has 0 atom stereocenters. The average molecular weight is 400 g/mol. The number of carbonyl (C=O) groups excluding carboxylic acids is 2. The summed E-state index contributed by atoms with van der Waals surface area (Å²) >= 11 is 6.30. The van der Waals surface area contributed by atoms with E-state index in [2.05, 4.69) is 4.74 Å². The summed E-state index contributed by atoms with van der Waals surface area (Å²) in [4.78, 5) is 24.6.